The van der Waals surface area contributed by atoms with Crippen molar-refractivity contribution in [2.24, 2.45) is 0 Å². The molecule has 1 rings (SSSR count). The second-order valence-corrected chi connectivity index (χ2v) is 7.03. The van der Waals surface area contributed by atoms with Crippen molar-refractivity contribution in [3.63, 3.8) is 0 Å². The Kier molecular flexibility index (Phi) is 5.89. The third-order valence-electron chi connectivity index (χ3n) is 2.70. The lowest BCUT2D eigenvalue weighted by Gasteiger charge is -2.16. The van der Waals surface area contributed by atoms with Gasteiger partial charge in [0.25, 0.3) is 0 Å². The number of hydrogen-bond acceptors (Lipinski definition) is 3. The van der Waals surface area contributed by atoms with Crippen LogP contribution in [0.4, 0.5) is 18.9 Å². The van der Waals surface area contributed by atoms with Crippen LogP contribution in [0.25, 0.3) is 0 Å². The molecule has 1 atom stereocenters. The third kappa shape index (κ3) is 5.37. The number of sulfonamides is 1. The van der Waals surface area contributed by atoms with Crippen LogP contribution in [0.1, 0.15) is 19.4 Å². The number of nitrogens with one attached hydrogen (secondary N) is 2. The summed E-state index contributed by atoms with van der Waals surface area (Å²) in [6, 6.07) is 2.58. The molecule has 0 spiro atoms. The molecule has 0 fully saturated rings. The summed E-state index contributed by atoms with van der Waals surface area (Å²) < 4.78 is 64.1. The van der Waals surface area contributed by atoms with Crippen molar-refractivity contribution >= 4 is 27.3 Å². The maximum atomic E-state index is 12.7. The Bertz CT molecular complexity index is 591. The Morgan fingerprint density at radius 2 is 1.90 bits per heavy atom. The number of rotatable bonds is 6. The van der Waals surface area contributed by atoms with E-state index >= 15 is 0 Å². The number of benzene rings is 1. The topological polar surface area (TPSA) is 58.2 Å². The summed E-state index contributed by atoms with van der Waals surface area (Å²) in [5.74, 6) is 0. The van der Waals surface area contributed by atoms with Crippen LogP contribution in [0, 0.1) is 0 Å². The lowest BCUT2D eigenvalue weighted by molar-refractivity contribution is -0.137. The number of halogens is 4. The quantitative estimate of drug-likeness (QED) is 0.833. The minimum absolute atomic E-state index is 0.193. The van der Waals surface area contributed by atoms with E-state index in [1.54, 1.807) is 0 Å². The molecule has 0 aliphatic carbocycles. The lowest BCUT2D eigenvalue weighted by atomic mass is 10.2. The fraction of sp³-hybridized carbons (Fsp3) is 0.500. The fourth-order valence-corrected chi connectivity index (χ4v) is 2.75. The fourth-order valence-electron chi connectivity index (χ4n) is 1.53. The van der Waals surface area contributed by atoms with Crippen LogP contribution in [0.3, 0.4) is 0 Å². The van der Waals surface area contributed by atoms with E-state index in [4.69, 9.17) is 11.6 Å². The summed E-state index contributed by atoms with van der Waals surface area (Å²) in [7, 11) is -3.80. The van der Waals surface area contributed by atoms with Gasteiger partial charge in [0.2, 0.25) is 10.0 Å². The van der Waals surface area contributed by atoms with Crippen molar-refractivity contribution in [3.8, 4) is 0 Å². The van der Waals surface area contributed by atoms with Crippen LogP contribution in [-0.2, 0) is 16.2 Å². The van der Waals surface area contributed by atoms with E-state index in [9.17, 15) is 21.6 Å². The SMILES string of the molecule is CCNCC(C)S(=O)(=O)Nc1cc(Cl)cc(C(F)(F)F)c1. The molecule has 0 aliphatic rings. The van der Waals surface area contributed by atoms with Crippen molar-refractivity contribution in [2.75, 3.05) is 17.8 Å². The molecule has 1 unspecified atom stereocenters. The van der Waals surface area contributed by atoms with Gasteiger partial charge in [-0.1, -0.05) is 18.5 Å². The Morgan fingerprint density at radius 1 is 1.29 bits per heavy atom. The van der Waals surface area contributed by atoms with E-state index in [0.29, 0.717) is 12.6 Å². The molecule has 0 radical (unpaired) electrons. The first-order valence-corrected chi connectivity index (χ1v) is 8.09. The van der Waals surface area contributed by atoms with Gasteiger partial charge >= 0.3 is 6.18 Å². The molecule has 0 bridgehead atoms. The van der Waals surface area contributed by atoms with Gasteiger partial charge in [-0.2, -0.15) is 13.2 Å². The highest BCUT2D eigenvalue weighted by Gasteiger charge is 2.31. The average molecular weight is 345 g/mol. The van der Waals surface area contributed by atoms with Gasteiger partial charge in [-0.15, -0.1) is 0 Å². The summed E-state index contributed by atoms with van der Waals surface area (Å²) in [6.07, 6.45) is -4.60. The van der Waals surface area contributed by atoms with Crippen LogP contribution in [-0.4, -0.2) is 26.8 Å². The first-order valence-electron chi connectivity index (χ1n) is 6.16. The molecule has 0 aliphatic heterocycles. The van der Waals surface area contributed by atoms with Crippen LogP contribution in [0.15, 0.2) is 18.2 Å². The molecule has 0 saturated heterocycles. The molecule has 1 aromatic rings. The van der Waals surface area contributed by atoms with Crippen molar-refractivity contribution in [2.45, 2.75) is 25.3 Å². The monoisotopic (exact) mass is 344 g/mol. The zero-order valence-electron chi connectivity index (χ0n) is 11.5. The lowest BCUT2D eigenvalue weighted by Crippen LogP contribution is -2.34. The maximum absolute atomic E-state index is 12.7. The molecule has 9 heteroatoms. The zero-order valence-corrected chi connectivity index (χ0v) is 13.0. The second kappa shape index (κ2) is 6.85. The Balaban J connectivity index is 3.00. The highest BCUT2D eigenvalue weighted by atomic mass is 35.5. The Morgan fingerprint density at radius 3 is 2.43 bits per heavy atom. The van der Waals surface area contributed by atoms with Crippen molar-refractivity contribution in [1.82, 2.24) is 5.32 Å². The highest BCUT2D eigenvalue weighted by molar-refractivity contribution is 7.93. The van der Waals surface area contributed by atoms with Crippen molar-refractivity contribution in [3.05, 3.63) is 28.8 Å². The van der Waals surface area contributed by atoms with E-state index in [2.05, 4.69) is 10.0 Å². The van der Waals surface area contributed by atoms with Gasteiger partial charge < -0.3 is 5.32 Å². The molecule has 2 N–H and O–H groups in total. The largest absolute Gasteiger partial charge is 0.416 e. The smallest absolute Gasteiger partial charge is 0.316 e. The summed E-state index contributed by atoms with van der Waals surface area (Å²) in [4.78, 5) is 0. The zero-order chi connectivity index (χ0) is 16.3. The molecule has 4 nitrogen and oxygen atoms in total. The minimum Gasteiger partial charge on any atom is -0.316 e. The van der Waals surface area contributed by atoms with Gasteiger partial charge in [-0.25, -0.2) is 8.42 Å². The first kappa shape index (κ1) is 18.1. The van der Waals surface area contributed by atoms with E-state index in [-0.39, 0.29) is 17.3 Å². The van der Waals surface area contributed by atoms with Crippen LogP contribution in [0.2, 0.25) is 5.02 Å². The van der Waals surface area contributed by atoms with Gasteiger partial charge in [0.15, 0.2) is 0 Å². The minimum atomic E-state index is -4.60. The molecule has 0 saturated carbocycles. The van der Waals surface area contributed by atoms with Crippen LogP contribution < -0.4 is 10.0 Å². The van der Waals surface area contributed by atoms with Gasteiger partial charge in [-0.05, 0) is 31.7 Å². The van der Waals surface area contributed by atoms with Gasteiger partial charge in [0.05, 0.1) is 16.5 Å². The summed E-state index contributed by atoms with van der Waals surface area (Å²) in [5, 5.41) is 1.87. The van der Waals surface area contributed by atoms with Crippen molar-refractivity contribution < 1.29 is 21.6 Å². The molecule has 1 aromatic carbocycles. The summed E-state index contributed by atoms with van der Waals surface area (Å²) >= 11 is 5.60. The predicted molar refractivity (Wildman–Crippen MR) is 77.0 cm³/mol. The van der Waals surface area contributed by atoms with Gasteiger partial charge in [0.1, 0.15) is 0 Å². The second-order valence-electron chi connectivity index (χ2n) is 4.49. The normalized spacial score (nSPS) is 14.0. The molecular formula is C12H16ClF3N2O2S. The van der Waals surface area contributed by atoms with Gasteiger partial charge in [0, 0.05) is 11.6 Å². The average Bonchev–Trinajstić information content (AvgIpc) is 2.33. The highest BCUT2D eigenvalue weighted by Crippen LogP contribution is 2.33. The van der Waals surface area contributed by atoms with Gasteiger partial charge in [-0.3, -0.25) is 4.72 Å². The molecule has 0 aromatic heterocycles. The number of hydrogen-bond donors (Lipinski definition) is 2. The number of alkyl halides is 3. The summed E-state index contributed by atoms with van der Waals surface area (Å²) in [6.45, 7) is 4.06. The summed E-state index contributed by atoms with van der Waals surface area (Å²) in [5.41, 5.74) is -1.22. The molecule has 120 valence electrons. The van der Waals surface area contributed by atoms with Crippen molar-refractivity contribution in [1.29, 1.82) is 0 Å². The maximum Gasteiger partial charge on any atom is 0.416 e. The van der Waals surface area contributed by atoms with Crippen LogP contribution in [0.5, 0.6) is 0 Å². The molecule has 0 heterocycles. The van der Waals surface area contributed by atoms with E-state index in [1.807, 2.05) is 6.92 Å². The molecule has 21 heavy (non-hydrogen) atoms. The number of anilines is 1. The predicted octanol–water partition coefficient (Wildman–Crippen LogP) is 3.10. The standard InChI is InChI=1S/C12H16ClF3N2O2S/c1-3-17-7-8(2)21(19,20)18-11-5-9(12(14,15)16)4-10(13)6-11/h4-6,8,17-18H,3,7H2,1-2H3. The third-order valence-corrected chi connectivity index (χ3v) is 4.66. The Labute approximate surface area is 126 Å². The van der Waals surface area contributed by atoms with E-state index in [1.165, 1.54) is 6.92 Å². The molecular weight excluding hydrogens is 329 g/mol. The molecule has 0 amide bonds. The van der Waals surface area contributed by atoms with E-state index in [0.717, 1.165) is 12.1 Å². The van der Waals surface area contributed by atoms with Crippen LogP contribution >= 0.6 is 11.6 Å². The Hall–Kier alpha value is -0.990. The van der Waals surface area contributed by atoms with E-state index < -0.39 is 27.0 Å². The first-order chi connectivity index (χ1) is 9.56.